The Morgan fingerprint density at radius 1 is 0.615 bits per heavy atom. The van der Waals surface area contributed by atoms with E-state index in [1.165, 1.54) is 91.7 Å². The van der Waals surface area contributed by atoms with E-state index >= 15 is 0 Å². The lowest BCUT2D eigenvalue weighted by Gasteiger charge is -2.48. The highest BCUT2D eigenvalue weighted by molar-refractivity contribution is 8.03. The van der Waals surface area contributed by atoms with E-state index in [0.29, 0.717) is 0 Å². The van der Waals surface area contributed by atoms with Gasteiger partial charge in [0.15, 0.2) is 0 Å². The average molecular weight is 703 g/mol. The molecule has 0 saturated heterocycles. The first kappa shape index (κ1) is 30.2. The Hall–Kier alpha value is -5.42. The third-order valence-electron chi connectivity index (χ3n) is 11.2. The van der Waals surface area contributed by atoms with Gasteiger partial charge in [-0.25, -0.2) is 0 Å². The minimum atomic E-state index is -0.381. The summed E-state index contributed by atoms with van der Waals surface area (Å²) in [5, 5.41) is 6.17. The molecule has 6 aromatic carbocycles. The molecule has 1 N–H and O–H groups in total. The highest BCUT2D eigenvalue weighted by Gasteiger charge is 2.50. The highest BCUT2D eigenvalue weighted by atomic mass is 32.2. The van der Waals surface area contributed by atoms with Gasteiger partial charge in [0, 0.05) is 48.3 Å². The van der Waals surface area contributed by atoms with Crippen LogP contribution in [0.3, 0.4) is 0 Å². The molecule has 3 aliphatic heterocycles. The molecule has 4 aliphatic rings. The van der Waals surface area contributed by atoms with Crippen molar-refractivity contribution in [3.05, 3.63) is 197 Å². The number of nitrogens with one attached hydrogen (secondary N) is 1. The summed E-state index contributed by atoms with van der Waals surface area (Å²) in [5.41, 5.74) is 13.9. The molecule has 52 heavy (non-hydrogen) atoms. The molecule has 2 nitrogen and oxygen atoms in total. The van der Waals surface area contributed by atoms with E-state index in [1.54, 1.807) is 0 Å². The van der Waals surface area contributed by atoms with Crippen molar-refractivity contribution in [1.29, 1.82) is 0 Å². The Kier molecular flexibility index (Phi) is 6.87. The van der Waals surface area contributed by atoms with Gasteiger partial charge in [0.05, 0.1) is 16.4 Å². The van der Waals surface area contributed by atoms with E-state index in [4.69, 9.17) is 0 Å². The molecule has 248 valence electrons. The number of fused-ring (bicyclic) bond motifs is 10. The Balaban J connectivity index is 1.19. The lowest BCUT2D eigenvalue weighted by molar-refractivity contribution is 0.629. The fourth-order valence-corrected chi connectivity index (χ4v) is 11.7. The zero-order valence-electron chi connectivity index (χ0n) is 28.5. The number of thioether (sulfide) groups is 1. The van der Waals surface area contributed by atoms with Gasteiger partial charge in [0.25, 0.3) is 0 Å². The number of hydrogen-bond acceptors (Lipinski definition) is 3. The monoisotopic (exact) mass is 702 g/mol. The topological polar surface area (TPSA) is 17.0 Å². The fourth-order valence-electron chi connectivity index (χ4n) is 9.03. The molecule has 1 aliphatic carbocycles. The van der Waals surface area contributed by atoms with Crippen LogP contribution in [0.25, 0.3) is 44.3 Å². The summed E-state index contributed by atoms with van der Waals surface area (Å²) in [6, 6.07) is 50.2. The maximum absolute atomic E-state index is 3.62. The molecule has 7 aromatic rings. The van der Waals surface area contributed by atoms with Crippen LogP contribution in [0.4, 0.5) is 0 Å². The smallest absolute Gasteiger partial charge is 0.0708 e. The lowest BCUT2D eigenvalue weighted by Crippen LogP contribution is -2.38. The number of rotatable bonds is 3. The SMILES string of the molecule is C1=CCNC(c2ccc3c(c2)Sc2c(-c4ccc5c(c4)c4ccccc4n5-c4ccccc4)cccc2C32C3=C(C=CCC3)Sc3ccccc32)=C1. The van der Waals surface area contributed by atoms with E-state index in [2.05, 4.69) is 174 Å². The number of aromatic nitrogens is 1. The number of para-hydroxylation sites is 2. The normalized spacial score (nSPS) is 18.5. The third kappa shape index (κ3) is 4.35. The zero-order valence-corrected chi connectivity index (χ0v) is 30.1. The standard InChI is InChI=1S/C48H34N2S2/c1-2-13-33(14-3-1)50-42-21-7-4-15-35(42)36-29-31(25-27-43(36)50)34-16-12-19-40-47(34)52-46-30-32(41-20-10-11-28-49-41)24-26-39(46)48(40)37-17-5-8-22-44(37)51-45-23-9-6-18-38(45)48/h1-5,7-17,19-27,29-30,49H,6,18,28H2. The van der Waals surface area contributed by atoms with Crippen molar-refractivity contribution in [3.8, 4) is 16.8 Å². The second kappa shape index (κ2) is 11.8. The van der Waals surface area contributed by atoms with Crippen LogP contribution in [0.5, 0.6) is 0 Å². The van der Waals surface area contributed by atoms with Gasteiger partial charge in [-0.2, -0.15) is 0 Å². The van der Waals surface area contributed by atoms with E-state index in [9.17, 15) is 0 Å². The first-order valence-corrected chi connectivity index (χ1v) is 19.8. The van der Waals surface area contributed by atoms with E-state index in [0.717, 1.165) is 19.4 Å². The number of hydrogen-bond donors (Lipinski definition) is 1. The van der Waals surface area contributed by atoms with Gasteiger partial charge in [-0.15, -0.1) is 0 Å². The van der Waals surface area contributed by atoms with Crippen LogP contribution >= 0.6 is 23.5 Å². The third-order valence-corrected chi connectivity index (χ3v) is 13.6. The Morgan fingerprint density at radius 3 is 2.35 bits per heavy atom. The summed E-state index contributed by atoms with van der Waals surface area (Å²) in [7, 11) is 0. The van der Waals surface area contributed by atoms with Crippen molar-refractivity contribution >= 4 is 51.0 Å². The van der Waals surface area contributed by atoms with E-state index in [-0.39, 0.29) is 5.41 Å². The van der Waals surface area contributed by atoms with E-state index in [1.807, 2.05) is 23.5 Å². The van der Waals surface area contributed by atoms with Crippen LogP contribution in [0.15, 0.2) is 189 Å². The number of benzene rings is 6. The molecule has 1 spiro atoms. The van der Waals surface area contributed by atoms with Crippen molar-refractivity contribution < 1.29 is 0 Å². The molecule has 1 unspecified atom stereocenters. The summed E-state index contributed by atoms with van der Waals surface area (Å²) < 4.78 is 2.40. The second-order valence-electron chi connectivity index (χ2n) is 13.9. The highest BCUT2D eigenvalue weighted by Crippen LogP contribution is 2.64. The summed E-state index contributed by atoms with van der Waals surface area (Å²) in [6.07, 6.45) is 13.4. The van der Waals surface area contributed by atoms with E-state index < -0.39 is 0 Å². The van der Waals surface area contributed by atoms with Crippen molar-refractivity contribution in [2.75, 3.05) is 6.54 Å². The molecule has 0 radical (unpaired) electrons. The summed E-state index contributed by atoms with van der Waals surface area (Å²) in [6.45, 7) is 0.851. The summed E-state index contributed by atoms with van der Waals surface area (Å²) >= 11 is 3.89. The average Bonchev–Trinajstić information content (AvgIpc) is 3.55. The molecular formula is C48H34N2S2. The van der Waals surface area contributed by atoms with Gasteiger partial charge in [0.2, 0.25) is 0 Å². The summed E-state index contributed by atoms with van der Waals surface area (Å²) in [5.74, 6) is 0. The summed E-state index contributed by atoms with van der Waals surface area (Å²) in [4.78, 5) is 5.44. The molecule has 0 fully saturated rings. The van der Waals surface area contributed by atoms with Gasteiger partial charge in [0.1, 0.15) is 0 Å². The van der Waals surface area contributed by atoms with Crippen molar-refractivity contribution in [1.82, 2.24) is 9.88 Å². The maximum Gasteiger partial charge on any atom is 0.0708 e. The molecule has 0 amide bonds. The number of nitrogens with zero attached hydrogens (tertiary/aromatic N) is 1. The largest absolute Gasteiger partial charge is 0.381 e. The van der Waals surface area contributed by atoms with Crippen molar-refractivity contribution in [3.63, 3.8) is 0 Å². The Morgan fingerprint density at radius 2 is 1.42 bits per heavy atom. The second-order valence-corrected chi connectivity index (χ2v) is 16.1. The lowest BCUT2D eigenvalue weighted by atomic mass is 9.62. The number of dihydropyridines is 1. The molecule has 1 aromatic heterocycles. The van der Waals surface area contributed by atoms with Crippen LogP contribution in [0.1, 0.15) is 35.1 Å². The minimum Gasteiger partial charge on any atom is -0.381 e. The molecule has 4 heteroatoms. The van der Waals surface area contributed by atoms with Crippen molar-refractivity contribution in [2.45, 2.75) is 32.9 Å². The predicted molar refractivity (Wildman–Crippen MR) is 219 cm³/mol. The van der Waals surface area contributed by atoms with Crippen LogP contribution in [-0.2, 0) is 5.41 Å². The van der Waals surface area contributed by atoms with Gasteiger partial charge in [-0.3, -0.25) is 0 Å². The van der Waals surface area contributed by atoms with Crippen LogP contribution in [0.2, 0.25) is 0 Å². The number of allylic oxidation sites excluding steroid dienone is 5. The van der Waals surface area contributed by atoms with Gasteiger partial charge in [-0.1, -0.05) is 139 Å². The molecule has 0 saturated carbocycles. The zero-order chi connectivity index (χ0) is 34.2. The fraction of sp³-hybridized carbons (Fsp3) is 0.0833. The van der Waals surface area contributed by atoms with Crippen LogP contribution < -0.4 is 5.32 Å². The molecule has 0 bridgehead atoms. The molecular weight excluding hydrogens is 669 g/mol. The van der Waals surface area contributed by atoms with Crippen LogP contribution in [-0.4, -0.2) is 11.1 Å². The quantitative estimate of drug-likeness (QED) is 0.198. The predicted octanol–water partition coefficient (Wildman–Crippen LogP) is 12.5. The van der Waals surface area contributed by atoms with Gasteiger partial charge < -0.3 is 9.88 Å². The Labute approximate surface area is 312 Å². The Bertz CT molecular complexity index is 2750. The minimum absolute atomic E-state index is 0.381. The van der Waals surface area contributed by atoms with Crippen molar-refractivity contribution in [2.24, 2.45) is 0 Å². The van der Waals surface area contributed by atoms with Crippen LogP contribution in [0, 0.1) is 0 Å². The first-order valence-electron chi connectivity index (χ1n) is 18.1. The molecule has 1 atom stereocenters. The van der Waals surface area contributed by atoms with Gasteiger partial charge >= 0.3 is 0 Å². The first-order chi connectivity index (χ1) is 25.8. The molecule has 4 heterocycles. The van der Waals surface area contributed by atoms with Gasteiger partial charge in [-0.05, 0) is 100 Å². The molecule has 11 rings (SSSR count). The maximum atomic E-state index is 3.62.